The molecule has 0 unspecified atom stereocenters. The fraction of sp³-hybridized carbons (Fsp3) is 0.192. The van der Waals surface area contributed by atoms with Gasteiger partial charge in [0.1, 0.15) is 5.82 Å². The summed E-state index contributed by atoms with van der Waals surface area (Å²) in [6, 6.07) is 23.5. The van der Waals surface area contributed by atoms with Crippen LogP contribution in [0.5, 0.6) is 0 Å². The number of benzene rings is 3. The molecule has 1 aromatic heterocycles. The van der Waals surface area contributed by atoms with Crippen LogP contribution in [-0.4, -0.2) is 15.5 Å². The SMILES string of the molecule is Cc1ccc2c(c1)[C@@H](Cc1nc3ccccc3c(=O)n1CCc1ccccc1)C(=O)N2. The van der Waals surface area contributed by atoms with E-state index in [2.05, 4.69) is 17.4 Å². The first-order valence-corrected chi connectivity index (χ1v) is 10.5. The van der Waals surface area contributed by atoms with Crippen molar-refractivity contribution in [3.05, 3.63) is 106 Å². The highest BCUT2D eigenvalue weighted by Gasteiger charge is 2.32. The first-order chi connectivity index (χ1) is 15.1. The summed E-state index contributed by atoms with van der Waals surface area (Å²) >= 11 is 0. The van der Waals surface area contributed by atoms with E-state index >= 15 is 0 Å². The Balaban J connectivity index is 1.57. The van der Waals surface area contributed by atoms with Gasteiger partial charge in [0.25, 0.3) is 5.56 Å². The van der Waals surface area contributed by atoms with E-state index in [1.807, 2.05) is 67.6 Å². The van der Waals surface area contributed by atoms with E-state index in [0.717, 1.165) is 28.8 Å². The van der Waals surface area contributed by atoms with Crippen molar-refractivity contribution >= 4 is 22.5 Å². The van der Waals surface area contributed by atoms with Crippen LogP contribution in [0.15, 0.2) is 77.6 Å². The molecular weight excluding hydrogens is 386 g/mol. The van der Waals surface area contributed by atoms with Crippen LogP contribution in [0.3, 0.4) is 0 Å². The topological polar surface area (TPSA) is 64.0 Å². The van der Waals surface area contributed by atoms with Crippen molar-refractivity contribution < 1.29 is 4.79 Å². The minimum absolute atomic E-state index is 0.0439. The number of para-hydroxylation sites is 1. The lowest BCUT2D eigenvalue weighted by Crippen LogP contribution is -2.28. The van der Waals surface area contributed by atoms with E-state index < -0.39 is 0 Å². The molecule has 1 atom stereocenters. The first-order valence-electron chi connectivity index (χ1n) is 10.5. The molecule has 154 valence electrons. The van der Waals surface area contributed by atoms with E-state index in [9.17, 15) is 9.59 Å². The number of hydrogen-bond donors (Lipinski definition) is 1. The lowest BCUT2D eigenvalue weighted by Gasteiger charge is -2.16. The fourth-order valence-electron chi connectivity index (χ4n) is 4.32. The highest BCUT2D eigenvalue weighted by atomic mass is 16.2. The number of anilines is 1. The standard InChI is InChI=1S/C26H23N3O2/c1-17-11-12-23-20(15-17)21(25(30)28-23)16-24-27-22-10-6-5-9-19(22)26(31)29(24)14-13-18-7-3-2-4-8-18/h2-12,15,21H,13-14,16H2,1H3,(H,28,30)/t21-/m1/s1. The molecule has 5 rings (SSSR count). The molecule has 2 heterocycles. The third-order valence-corrected chi connectivity index (χ3v) is 5.95. The first kappa shape index (κ1) is 19.2. The van der Waals surface area contributed by atoms with Gasteiger partial charge >= 0.3 is 0 Å². The Morgan fingerprint density at radius 1 is 0.968 bits per heavy atom. The van der Waals surface area contributed by atoms with Crippen LogP contribution in [0.1, 0.15) is 28.4 Å². The Morgan fingerprint density at radius 2 is 1.74 bits per heavy atom. The number of hydrogen-bond acceptors (Lipinski definition) is 3. The number of amides is 1. The van der Waals surface area contributed by atoms with Crippen molar-refractivity contribution in [1.82, 2.24) is 9.55 Å². The molecule has 0 bridgehead atoms. The summed E-state index contributed by atoms with van der Waals surface area (Å²) < 4.78 is 1.75. The van der Waals surface area contributed by atoms with Crippen LogP contribution < -0.4 is 10.9 Å². The fourth-order valence-corrected chi connectivity index (χ4v) is 4.32. The number of aryl methyl sites for hydroxylation is 2. The monoisotopic (exact) mass is 409 g/mol. The molecule has 1 amide bonds. The molecule has 5 nitrogen and oxygen atoms in total. The molecule has 5 heteroatoms. The molecule has 0 fully saturated rings. The normalized spacial score (nSPS) is 15.1. The zero-order chi connectivity index (χ0) is 21.4. The van der Waals surface area contributed by atoms with Gasteiger partial charge in [-0.2, -0.15) is 0 Å². The van der Waals surface area contributed by atoms with E-state index in [0.29, 0.717) is 29.7 Å². The second kappa shape index (κ2) is 7.84. The third kappa shape index (κ3) is 3.63. The van der Waals surface area contributed by atoms with E-state index in [-0.39, 0.29) is 17.4 Å². The minimum atomic E-state index is -0.356. The molecule has 0 saturated heterocycles. The molecule has 0 saturated carbocycles. The Labute approximate surface area is 180 Å². The molecule has 0 spiro atoms. The summed E-state index contributed by atoms with van der Waals surface area (Å²) in [6.45, 7) is 2.54. The Bertz CT molecular complexity index is 1340. The summed E-state index contributed by atoms with van der Waals surface area (Å²) in [5.74, 6) is 0.248. The number of nitrogens with zero attached hydrogens (tertiary/aromatic N) is 2. The van der Waals surface area contributed by atoms with Gasteiger partial charge in [0.05, 0.1) is 16.8 Å². The molecule has 0 aliphatic carbocycles. The Hall–Kier alpha value is -3.73. The van der Waals surface area contributed by atoms with Gasteiger partial charge in [-0.15, -0.1) is 0 Å². The van der Waals surface area contributed by atoms with Crippen molar-refractivity contribution in [3.8, 4) is 0 Å². The van der Waals surface area contributed by atoms with Crippen LogP contribution in [0.25, 0.3) is 10.9 Å². The largest absolute Gasteiger partial charge is 0.325 e. The maximum Gasteiger partial charge on any atom is 0.261 e. The highest BCUT2D eigenvalue weighted by molar-refractivity contribution is 6.03. The van der Waals surface area contributed by atoms with Crippen molar-refractivity contribution in [2.24, 2.45) is 0 Å². The quantitative estimate of drug-likeness (QED) is 0.537. The summed E-state index contributed by atoms with van der Waals surface area (Å²) in [4.78, 5) is 30.9. The number of nitrogens with one attached hydrogen (secondary N) is 1. The molecule has 1 aliphatic rings. The van der Waals surface area contributed by atoms with E-state index in [1.165, 1.54) is 0 Å². The molecular formula is C26H23N3O2. The average Bonchev–Trinajstić information content (AvgIpc) is 3.09. The van der Waals surface area contributed by atoms with Crippen molar-refractivity contribution in [2.75, 3.05) is 5.32 Å². The summed E-state index contributed by atoms with van der Waals surface area (Å²) in [5, 5.41) is 3.57. The predicted octanol–water partition coefficient (Wildman–Crippen LogP) is 4.23. The molecule has 0 radical (unpaired) electrons. The maximum atomic E-state index is 13.3. The number of aromatic nitrogens is 2. The number of fused-ring (bicyclic) bond motifs is 2. The molecule has 31 heavy (non-hydrogen) atoms. The lowest BCUT2D eigenvalue weighted by atomic mass is 9.95. The number of carbonyl (C=O) groups excluding carboxylic acids is 1. The third-order valence-electron chi connectivity index (χ3n) is 5.95. The smallest absolute Gasteiger partial charge is 0.261 e. The van der Waals surface area contributed by atoms with Gasteiger partial charge in [0.2, 0.25) is 5.91 Å². The van der Waals surface area contributed by atoms with Gasteiger partial charge < -0.3 is 5.32 Å². The molecule has 4 aromatic rings. The van der Waals surface area contributed by atoms with Crippen LogP contribution in [0.4, 0.5) is 5.69 Å². The summed E-state index contributed by atoms with van der Waals surface area (Å²) in [7, 11) is 0. The van der Waals surface area contributed by atoms with Gasteiger partial charge in [-0.25, -0.2) is 4.98 Å². The van der Waals surface area contributed by atoms with Crippen molar-refractivity contribution in [1.29, 1.82) is 0 Å². The second-order valence-corrected chi connectivity index (χ2v) is 8.07. The number of rotatable bonds is 5. The Morgan fingerprint density at radius 3 is 2.58 bits per heavy atom. The average molecular weight is 409 g/mol. The summed E-state index contributed by atoms with van der Waals surface area (Å²) in [6.07, 6.45) is 1.11. The zero-order valence-electron chi connectivity index (χ0n) is 17.3. The van der Waals surface area contributed by atoms with Gasteiger partial charge in [-0.05, 0) is 42.7 Å². The second-order valence-electron chi connectivity index (χ2n) is 8.07. The van der Waals surface area contributed by atoms with Gasteiger partial charge in [0.15, 0.2) is 0 Å². The molecule has 1 N–H and O–H groups in total. The van der Waals surface area contributed by atoms with Crippen molar-refractivity contribution in [2.45, 2.75) is 32.2 Å². The van der Waals surface area contributed by atoms with Crippen molar-refractivity contribution in [3.63, 3.8) is 0 Å². The van der Waals surface area contributed by atoms with Gasteiger partial charge in [-0.1, -0.05) is 60.2 Å². The van der Waals surface area contributed by atoms with Gasteiger partial charge in [0, 0.05) is 18.7 Å². The molecule has 3 aromatic carbocycles. The maximum absolute atomic E-state index is 13.3. The highest BCUT2D eigenvalue weighted by Crippen LogP contribution is 2.35. The van der Waals surface area contributed by atoms with Crippen LogP contribution in [0.2, 0.25) is 0 Å². The Kier molecular flexibility index (Phi) is 4.86. The van der Waals surface area contributed by atoms with Crippen LogP contribution >= 0.6 is 0 Å². The van der Waals surface area contributed by atoms with Gasteiger partial charge in [-0.3, -0.25) is 14.2 Å². The molecule has 1 aliphatic heterocycles. The number of carbonyl (C=O) groups is 1. The van der Waals surface area contributed by atoms with Crippen LogP contribution in [-0.2, 0) is 24.2 Å². The lowest BCUT2D eigenvalue weighted by molar-refractivity contribution is -0.117. The summed E-state index contributed by atoms with van der Waals surface area (Å²) in [5.41, 5.74) is 4.70. The minimum Gasteiger partial charge on any atom is -0.325 e. The van der Waals surface area contributed by atoms with E-state index in [4.69, 9.17) is 4.98 Å². The predicted molar refractivity (Wildman–Crippen MR) is 122 cm³/mol. The van der Waals surface area contributed by atoms with Crippen LogP contribution in [0, 0.1) is 6.92 Å². The zero-order valence-corrected chi connectivity index (χ0v) is 17.3. The van der Waals surface area contributed by atoms with E-state index in [1.54, 1.807) is 4.57 Å².